The topological polar surface area (TPSA) is 37.3 Å². The summed E-state index contributed by atoms with van der Waals surface area (Å²) in [7, 11) is 0. The lowest BCUT2D eigenvalue weighted by Gasteiger charge is -2.46. The molecule has 2 heteroatoms. The van der Waals surface area contributed by atoms with E-state index < -0.39 is 0 Å². The van der Waals surface area contributed by atoms with Crippen LogP contribution in [0.5, 0.6) is 0 Å². The number of carbonyl (C=O) groups is 1. The molecular weight excluding hydrogens is 212 g/mol. The third-order valence-electron chi connectivity index (χ3n) is 5.32. The van der Waals surface area contributed by atoms with Crippen LogP contribution in [-0.2, 0) is 4.79 Å². The Balaban J connectivity index is 2.22. The third kappa shape index (κ3) is 2.08. The third-order valence-corrected chi connectivity index (χ3v) is 5.32. The van der Waals surface area contributed by atoms with E-state index in [2.05, 4.69) is 20.4 Å². The Morgan fingerprint density at radius 2 is 2.18 bits per heavy atom. The number of hydrogen-bond acceptors (Lipinski definition) is 2. The average molecular weight is 236 g/mol. The molecule has 0 aromatic heterocycles. The van der Waals surface area contributed by atoms with Gasteiger partial charge in [0.1, 0.15) is 6.29 Å². The predicted molar refractivity (Wildman–Crippen MR) is 68.5 cm³/mol. The molecule has 96 valence electrons. The van der Waals surface area contributed by atoms with Crippen LogP contribution >= 0.6 is 0 Å². The molecule has 0 saturated heterocycles. The summed E-state index contributed by atoms with van der Waals surface area (Å²) in [5.41, 5.74) is 1.40. The van der Waals surface area contributed by atoms with E-state index in [1.54, 1.807) is 0 Å². The number of aliphatic hydroxyl groups is 1. The molecule has 2 fully saturated rings. The fourth-order valence-electron chi connectivity index (χ4n) is 4.13. The van der Waals surface area contributed by atoms with Crippen molar-refractivity contribution in [2.24, 2.45) is 23.2 Å². The van der Waals surface area contributed by atoms with Gasteiger partial charge in [-0.05, 0) is 56.3 Å². The first-order valence-electron chi connectivity index (χ1n) is 6.78. The number of hydrogen-bond donors (Lipinski definition) is 1. The van der Waals surface area contributed by atoms with Crippen molar-refractivity contribution in [3.8, 4) is 0 Å². The molecule has 1 N–H and O–H groups in total. The number of carbonyl (C=O) groups excluding carboxylic acids is 1. The molecule has 2 saturated carbocycles. The Morgan fingerprint density at radius 3 is 2.71 bits per heavy atom. The molecule has 0 amide bonds. The van der Waals surface area contributed by atoms with Crippen LogP contribution in [0.4, 0.5) is 0 Å². The highest BCUT2D eigenvalue weighted by molar-refractivity contribution is 5.56. The van der Waals surface area contributed by atoms with Gasteiger partial charge < -0.3 is 9.90 Å². The summed E-state index contributed by atoms with van der Waals surface area (Å²) in [6.45, 7) is 8.38. The molecule has 0 aromatic carbocycles. The molecule has 0 aliphatic heterocycles. The SMILES string of the molecule is C=C(C)[C@H]1CC[C@]2(C1)[C@H](C=O)C[C@@H](O)C[C@@H]2C. The van der Waals surface area contributed by atoms with E-state index >= 15 is 0 Å². The van der Waals surface area contributed by atoms with Gasteiger partial charge in [-0.3, -0.25) is 0 Å². The summed E-state index contributed by atoms with van der Waals surface area (Å²) in [5, 5.41) is 9.82. The fourth-order valence-corrected chi connectivity index (χ4v) is 4.13. The monoisotopic (exact) mass is 236 g/mol. The summed E-state index contributed by atoms with van der Waals surface area (Å²) in [6, 6.07) is 0. The maximum Gasteiger partial charge on any atom is 0.123 e. The minimum Gasteiger partial charge on any atom is -0.393 e. The zero-order valence-electron chi connectivity index (χ0n) is 11.0. The molecule has 2 rings (SSSR count). The van der Waals surface area contributed by atoms with Gasteiger partial charge in [-0.25, -0.2) is 0 Å². The molecule has 17 heavy (non-hydrogen) atoms. The molecule has 5 atom stereocenters. The number of aldehydes is 1. The lowest BCUT2D eigenvalue weighted by molar-refractivity contribution is -0.123. The molecule has 0 radical (unpaired) electrons. The highest BCUT2D eigenvalue weighted by Gasteiger charge is 2.51. The van der Waals surface area contributed by atoms with Gasteiger partial charge in [0.25, 0.3) is 0 Å². The Kier molecular flexibility index (Phi) is 3.44. The van der Waals surface area contributed by atoms with Crippen molar-refractivity contribution in [2.75, 3.05) is 0 Å². The molecule has 2 nitrogen and oxygen atoms in total. The smallest absolute Gasteiger partial charge is 0.123 e. The minimum atomic E-state index is -0.283. The zero-order valence-corrected chi connectivity index (χ0v) is 11.0. The van der Waals surface area contributed by atoms with Gasteiger partial charge >= 0.3 is 0 Å². The van der Waals surface area contributed by atoms with Crippen molar-refractivity contribution in [1.82, 2.24) is 0 Å². The van der Waals surface area contributed by atoms with Gasteiger partial charge in [0.15, 0.2) is 0 Å². The quantitative estimate of drug-likeness (QED) is 0.591. The van der Waals surface area contributed by atoms with E-state index in [1.165, 1.54) is 12.0 Å². The Bertz CT molecular complexity index is 323. The van der Waals surface area contributed by atoms with Crippen molar-refractivity contribution >= 4 is 6.29 Å². The van der Waals surface area contributed by atoms with Crippen LogP contribution in [-0.4, -0.2) is 17.5 Å². The first-order chi connectivity index (χ1) is 7.99. The maximum absolute atomic E-state index is 11.4. The van der Waals surface area contributed by atoms with Gasteiger partial charge in [0.05, 0.1) is 6.10 Å². The lowest BCUT2D eigenvalue weighted by atomic mass is 9.59. The molecule has 1 spiro atoms. The second-order valence-corrected chi connectivity index (χ2v) is 6.29. The molecule has 0 bridgehead atoms. The van der Waals surface area contributed by atoms with Crippen LogP contribution in [0, 0.1) is 23.2 Å². The van der Waals surface area contributed by atoms with Crippen molar-refractivity contribution in [3.63, 3.8) is 0 Å². The number of aliphatic hydroxyl groups excluding tert-OH is 1. The van der Waals surface area contributed by atoms with E-state index in [0.29, 0.717) is 18.3 Å². The van der Waals surface area contributed by atoms with E-state index in [0.717, 1.165) is 25.5 Å². The maximum atomic E-state index is 11.4. The van der Waals surface area contributed by atoms with E-state index in [9.17, 15) is 9.90 Å². The number of rotatable bonds is 2. The Hall–Kier alpha value is -0.630. The van der Waals surface area contributed by atoms with Crippen LogP contribution in [0.3, 0.4) is 0 Å². The van der Waals surface area contributed by atoms with Gasteiger partial charge in [0.2, 0.25) is 0 Å². The van der Waals surface area contributed by atoms with Crippen molar-refractivity contribution in [2.45, 2.75) is 52.1 Å². The Morgan fingerprint density at radius 1 is 1.47 bits per heavy atom. The van der Waals surface area contributed by atoms with Crippen molar-refractivity contribution < 1.29 is 9.90 Å². The standard InChI is InChI=1S/C15H24O2/c1-10(2)12-4-5-15(8-12)11(3)6-14(17)7-13(15)9-16/h9,11-14,17H,1,4-8H2,2-3H3/t11-,12-,13-,14-,15+/m0/s1. The normalized spacial score (nSPS) is 46.1. The van der Waals surface area contributed by atoms with E-state index in [-0.39, 0.29) is 17.4 Å². The number of allylic oxidation sites excluding steroid dienone is 1. The molecule has 0 aromatic rings. The predicted octanol–water partition coefficient (Wildman–Crippen LogP) is 2.95. The fraction of sp³-hybridized carbons (Fsp3) is 0.800. The summed E-state index contributed by atoms with van der Waals surface area (Å²) >= 11 is 0. The van der Waals surface area contributed by atoms with Crippen LogP contribution in [0.2, 0.25) is 0 Å². The van der Waals surface area contributed by atoms with Crippen molar-refractivity contribution in [1.29, 1.82) is 0 Å². The zero-order chi connectivity index (χ0) is 12.6. The molecule has 2 aliphatic carbocycles. The van der Waals surface area contributed by atoms with Gasteiger partial charge in [-0.15, -0.1) is 0 Å². The van der Waals surface area contributed by atoms with Crippen LogP contribution in [0.15, 0.2) is 12.2 Å². The van der Waals surface area contributed by atoms with E-state index in [4.69, 9.17) is 0 Å². The second-order valence-electron chi connectivity index (χ2n) is 6.29. The largest absolute Gasteiger partial charge is 0.393 e. The summed E-state index contributed by atoms with van der Waals surface area (Å²) < 4.78 is 0. The minimum absolute atomic E-state index is 0.0469. The average Bonchev–Trinajstić information content (AvgIpc) is 2.70. The first kappa shape index (κ1) is 12.8. The highest BCUT2D eigenvalue weighted by Crippen LogP contribution is 2.57. The van der Waals surface area contributed by atoms with Crippen molar-refractivity contribution in [3.05, 3.63) is 12.2 Å². The Labute approximate surface area is 104 Å². The van der Waals surface area contributed by atoms with E-state index in [1.807, 2.05) is 0 Å². The second kappa shape index (κ2) is 4.56. The molecular formula is C15H24O2. The van der Waals surface area contributed by atoms with Crippen LogP contribution in [0.1, 0.15) is 46.0 Å². The van der Waals surface area contributed by atoms with Crippen LogP contribution < -0.4 is 0 Å². The molecule has 0 unspecified atom stereocenters. The first-order valence-corrected chi connectivity index (χ1v) is 6.78. The summed E-state index contributed by atoms with van der Waals surface area (Å²) in [6.07, 6.45) is 5.72. The molecule has 2 aliphatic rings. The highest BCUT2D eigenvalue weighted by atomic mass is 16.3. The van der Waals surface area contributed by atoms with Gasteiger partial charge in [-0.2, -0.15) is 0 Å². The molecule has 0 heterocycles. The summed E-state index contributed by atoms with van der Waals surface area (Å²) in [4.78, 5) is 11.4. The lowest BCUT2D eigenvalue weighted by Crippen LogP contribution is -2.43. The van der Waals surface area contributed by atoms with Crippen LogP contribution in [0.25, 0.3) is 0 Å². The van der Waals surface area contributed by atoms with Gasteiger partial charge in [-0.1, -0.05) is 19.1 Å². The summed E-state index contributed by atoms with van der Waals surface area (Å²) in [5.74, 6) is 1.08. The van der Waals surface area contributed by atoms with Gasteiger partial charge in [0, 0.05) is 5.92 Å².